The quantitative estimate of drug-likeness (QED) is 0.548. The zero-order valence-corrected chi connectivity index (χ0v) is 14.0. The Kier molecular flexibility index (Phi) is 6.65. The van der Waals surface area contributed by atoms with Gasteiger partial charge in [0.2, 0.25) is 5.91 Å². The van der Waals surface area contributed by atoms with Crippen LogP contribution in [0.1, 0.15) is 46.0 Å². The predicted octanol–water partition coefficient (Wildman–Crippen LogP) is 0.519. The van der Waals surface area contributed by atoms with Gasteiger partial charge < -0.3 is 25.8 Å². The summed E-state index contributed by atoms with van der Waals surface area (Å²) in [6, 6.07) is -0.354. The predicted molar refractivity (Wildman–Crippen MR) is 85.9 cm³/mol. The summed E-state index contributed by atoms with van der Waals surface area (Å²) < 4.78 is 5.87. The molecule has 132 valence electrons. The molecule has 0 radical (unpaired) electrons. The number of urea groups is 1. The van der Waals surface area contributed by atoms with Gasteiger partial charge in [-0.15, -0.1) is 0 Å². The Bertz CT molecular complexity index is 412. The van der Waals surface area contributed by atoms with Crippen LogP contribution < -0.4 is 16.0 Å². The summed E-state index contributed by atoms with van der Waals surface area (Å²) in [4.78, 5) is 23.4. The molecule has 0 spiro atoms. The molecule has 1 saturated carbocycles. The van der Waals surface area contributed by atoms with Gasteiger partial charge in [-0.1, -0.05) is 0 Å². The van der Waals surface area contributed by atoms with Crippen LogP contribution in [0.2, 0.25) is 0 Å². The van der Waals surface area contributed by atoms with Crippen LogP contribution >= 0.6 is 0 Å². The van der Waals surface area contributed by atoms with E-state index in [9.17, 15) is 14.7 Å². The van der Waals surface area contributed by atoms with Gasteiger partial charge in [0, 0.05) is 18.5 Å². The molecule has 1 aliphatic heterocycles. The molecule has 1 saturated heterocycles. The van der Waals surface area contributed by atoms with Crippen LogP contribution in [-0.2, 0) is 9.53 Å². The Morgan fingerprint density at radius 3 is 2.57 bits per heavy atom. The van der Waals surface area contributed by atoms with Gasteiger partial charge in [0.25, 0.3) is 0 Å². The highest BCUT2D eigenvalue weighted by Gasteiger charge is 2.32. The van der Waals surface area contributed by atoms with Crippen molar-refractivity contribution < 1.29 is 19.4 Å². The van der Waals surface area contributed by atoms with Crippen molar-refractivity contribution in [2.45, 2.75) is 70.2 Å². The second-order valence-electron chi connectivity index (χ2n) is 6.79. The fourth-order valence-electron chi connectivity index (χ4n) is 2.83. The molecule has 0 unspecified atom stereocenters. The van der Waals surface area contributed by atoms with Gasteiger partial charge in [0.05, 0.1) is 18.8 Å². The summed E-state index contributed by atoms with van der Waals surface area (Å²) in [6.45, 7) is 4.26. The molecule has 3 atom stereocenters. The van der Waals surface area contributed by atoms with E-state index >= 15 is 0 Å². The smallest absolute Gasteiger partial charge is 0.315 e. The number of hydrogen-bond donors (Lipinski definition) is 4. The third-order valence-corrected chi connectivity index (χ3v) is 4.25. The van der Waals surface area contributed by atoms with Crippen LogP contribution in [0.5, 0.6) is 0 Å². The second-order valence-corrected chi connectivity index (χ2v) is 6.79. The van der Waals surface area contributed by atoms with E-state index in [1.165, 1.54) is 0 Å². The van der Waals surface area contributed by atoms with Crippen molar-refractivity contribution in [3.8, 4) is 0 Å². The first kappa shape index (κ1) is 18.0. The van der Waals surface area contributed by atoms with Gasteiger partial charge in [0.15, 0.2) is 0 Å². The fraction of sp³-hybridized carbons (Fsp3) is 0.875. The van der Waals surface area contributed by atoms with Gasteiger partial charge in [-0.05, 0) is 46.0 Å². The molecule has 7 heteroatoms. The SMILES string of the molecule is CC(C)NC(=O)N[C@@H]1CC[C@H](CCNC(=O)C2CC2)O[C@H]1CO. The lowest BCUT2D eigenvalue weighted by Crippen LogP contribution is -2.54. The minimum atomic E-state index is -0.397. The van der Waals surface area contributed by atoms with Gasteiger partial charge in [0.1, 0.15) is 6.10 Å². The molecule has 23 heavy (non-hydrogen) atoms. The van der Waals surface area contributed by atoms with Gasteiger partial charge in [-0.25, -0.2) is 4.79 Å². The van der Waals surface area contributed by atoms with Gasteiger partial charge >= 0.3 is 6.03 Å². The molecule has 2 fully saturated rings. The average molecular weight is 327 g/mol. The molecule has 7 nitrogen and oxygen atoms in total. The zero-order valence-electron chi connectivity index (χ0n) is 14.0. The van der Waals surface area contributed by atoms with E-state index in [4.69, 9.17) is 4.74 Å². The van der Waals surface area contributed by atoms with Crippen molar-refractivity contribution in [1.82, 2.24) is 16.0 Å². The number of aliphatic hydroxyl groups is 1. The summed E-state index contributed by atoms with van der Waals surface area (Å²) in [6.07, 6.45) is 3.93. The number of hydrogen-bond acceptors (Lipinski definition) is 4. The van der Waals surface area contributed by atoms with Crippen molar-refractivity contribution in [1.29, 1.82) is 0 Å². The minimum Gasteiger partial charge on any atom is -0.394 e. The monoisotopic (exact) mass is 327 g/mol. The van der Waals surface area contributed by atoms with E-state index in [0.717, 1.165) is 32.1 Å². The van der Waals surface area contributed by atoms with Gasteiger partial charge in [-0.2, -0.15) is 0 Å². The highest BCUT2D eigenvalue weighted by molar-refractivity contribution is 5.80. The second kappa shape index (κ2) is 8.49. The Balaban J connectivity index is 1.69. The number of carbonyl (C=O) groups excluding carboxylic acids is 2. The van der Waals surface area contributed by atoms with Gasteiger partial charge in [-0.3, -0.25) is 4.79 Å². The van der Waals surface area contributed by atoms with Crippen molar-refractivity contribution in [2.75, 3.05) is 13.2 Å². The maximum absolute atomic E-state index is 11.8. The van der Waals surface area contributed by atoms with E-state index in [1.807, 2.05) is 13.8 Å². The summed E-state index contributed by atoms with van der Waals surface area (Å²) in [5.41, 5.74) is 0. The molecular formula is C16H29N3O4. The summed E-state index contributed by atoms with van der Waals surface area (Å²) >= 11 is 0. The van der Waals surface area contributed by atoms with Crippen molar-refractivity contribution >= 4 is 11.9 Å². The average Bonchev–Trinajstić information content (AvgIpc) is 3.32. The molecule has 0 aromatic carbocycles. The first-order chi connectivity index (χ1) is 11.0. The largest absolute Gasteiger partial charge is 0.394 e. The van der Waals surface area contributed by atoms with Crippen LogP contribution in [0.25, 0.3) is 0 Å². The lowest BCUT2D eigenvalue weighted by atomic mass is 9.97. The van der Waals surface area contributed by atoms with E-state index in [0.29, 0.717) is 6.54 Å². The Hall–Kier alpha value is -1.34. The molecule has 1 heterocycles. The van der Waals surface area contributed by atoms with E-state index in [-0.39, 0.29) is 42.7 Å². The molecule has 2 aliphatic rings. The van der Waals surface area contributed by atoms with E-state index in [2.05, 4.69) is 16.0 Å². The number of ether oxygens (including phenoxy) is 1. The summed E-state index contributed by atoms with van der Waals surface area (Å²) in [5.74, 6) is 0.366. The Labute approximate surface area is 137 Å². The normalized spacial score (nSPS) is 27.6. The molecule has 2 rings (SSSR count). The molecule has 4 N–H and O–H groups in total. The number of nitrogens with one attached hydrogen (secondary N) is 3. The number of amides is 3. The maximum Gasteiger partial charge on any atom is 0.315 e. The van der Waals surface area contributed by atoms with Crippen LogP contribution in [0.15, 0.2) is 0 Å². The number of aliphatic hydroxyl groups excluding tert-OH is 1. The van der Waals surface area contributed by atoms with Crippen molar-refractivity contribution in [3.63, 3.8) is 0 Å². The maximum atomic E-state index is 11.8. The Morgan fingerprint density at radius 2 is 1.96 bits per heavy atom. The highest BCUT2D eigenvalue weighted by atomic mass is 16.5. The topological polar surface area (TPSA) is 99.7 Å². The highest BCUT2D eigenvalue weighted by Crippen LogP contribution is 2.28. The van der Waals surface area contributed by atoms with Crippen molar-refractivity contribution in [3.05, 3.63) is 0 Å². The molecule has 3 amide bonds. The summed E-state index contributed by atoms with van der Waals surface area (Å²) in [5, 5.41) is 18.1. The zero-order chi connectivity index (χ0) is 16.8. The molecular weight excluding hydrogens is 298 g/mol. The first-order valence-corrected chi connectivity index (χ1v) is 8.60. The third-order valence-electron chi connectivity index (χ3n) is 4.25. The minimum absolute atomic E-state index is 0.0119. The van der Waals surface area contributed by atoms with Crippen LogP contribution in [0, 0.1) is 5.92 Å². The molecule has 1 aliphatic carbocycles. The number of rotatable bonds is 7. The third kappa shape index (κ3) is 5.99. The van der Waals surface area contributed by atoms with Crippen molar-refractivity contribution in [2.24, 2.45) is 5.92 Å². The van der Waals surface area contributed by atoms with E-state index in [1.54, 1.807) is 0 Å². The van der Waals surface area contributed by atoms with Crippen LogP contribution in [-0.4, -0.2) is 54.5 Å². The van der Waals surface area contributed by atoms with Crippen LogP contribution in [0.3, 0.4) is 0 Å². The molecule has 0 bridgehead atoms. The summed E-state index contributed by atoms with van der Waals surface area (Å²) in [7, 11) is 0. The molecule has 0 aromatic rings. The lowest BCUT2D eigenvalue weighted by molar-refractivity contribution is -0.122. The van der Waals surface area contributed by atoms with Crippen LogP contribution in [0.4, 0.5) is 4.79 Å². The molecule has 0 aromatic heterocycles. The Morgan fingerprint density at radius 1 is 1.22 bits per heavy atom. The fourth-order valence-corrected chi connectivity index (χ4v) is 2.83. The van der Waals surface area contributed by atoms with E-state index < -0.39 is 6.10 Å². The standard InChI is InChI=1S/C16H29N3O4/c1-10(2)18-16(22)19-13-6-5-12(23-14(13)9-20)7-8-17-15(21)11-3-4-11/h10-14,20H,3-9H2,1-2H3,(H,17,21)(H2,18,19,22)/t12-,13-,14+/m1/s1. The first-order valence-electron chi connectivity index (χ1n) is 8.60. The number of carbonyl (C=O) groups is 2. The lowest BCUT2D eigenvalue weighted by Gasteiger charge is -2.36.